The summed E-state index contributed by atoms with van der Waals surface area (Å²) >= 11 is 5.05. The summed E-state index contributed by atoms with van der Waals surface area (Å²) in [4.78, 5) is 12.6. The van der Waals surface area contributed by atoms with E-state index in [1.165, 1.54) is 0 Å². The summed E-state index contributed by atoms with van der Waals surface area (Å²) < 4.78 is 0. The molecule has 3 nitrogen and oxygen atoms in total. The van der Waals surface area contributed by atoms with E-state index in [0.717, 1.165) is 16.7 Å². The molecule has 21 heavy (non-hydrogen) atoms. The van der Waals surface area contributed by atoms with Crippen LogP contribution in [-0.2, 0) is 11.3 Å². The molecule has 3 N–H and O–H groups in total. The summed E-state index contributed by atoms with van der Waals surface area (Å²) in [6, 6.07) is 17.3. The van der Waals surface area contributed by atoms with Crippen LogP contribution in [-0.4, -0.2) is 10.9 Å². The number of nitrogens with two attached hydrogens (primary N) is 1. The maximum Gasteiger partial charge on any atom is 0.234 e. The highest BCUT2D eigenvalue weighted by Crippen LogP contribution is 2.16. The monoisotopic (exact) mass is 298 g/mol. The molecule has 0 aliphatic heterocycles. The van der Waals surface area contributed by atoms with Gasteiger partial charge < -0.3 is 11.1 Å². The Morgan fingerprint density at radius 1 is 1.14 bits per heavy atom. The first-order chi connectivity index (χ1) is 10.1. The minimum Gasteiger partial charge on any atom is -0.392 e. The van der Waals surface area contributed by atoms with Crippen LogP contribution in [0.15, 0.2) is 54.6 Å². The summed E-state index contributed by atoms with van der Waals surface area (Å²) in [5, 5.41) is 2.91. The molecule has 2 aromatic carbocycles. The normalized spacial score (nSPS) is 11.7. The van der Waals surface area contributed by atoms with E-state index in [1.807, 2.05) is 61.5 Å². The van der Waals surface area contributed by atoms with Crippen LogP contribution < -0.4 is 11.1 Å². The Labute approximate surface area is 130 Å². The third kappa shape index (κ3) is 3.89. The third-order valence-electron chi connectivity index (χ3n) is 3.39. The van der Waals surface area contributed by atoms with Crippen molar-refractivity contribution in [1.29, 1.82) is 0 Å². The van der Waals surface area contributed by atoms with Crippen LogP contribution in [0.5, 0.6) is 0 Å². The Hall–Kier alpha value is -2.20. The van der Waals surface area contributed by atoms with E-state index in [4.69, 9.17) is 18.0 Å². The number of carbonyl (C=O) groups is 1. The largest absolute Gasteiger partial charge is 0.392 e. The Bertz CT molecular complexity index is 640. The molecule has 1 unspecified atom stereocenters. The molecule has 2 aromatic rings. The van der Waals surface area contributed by atoms with Crippen molar-refractivity contribution in [2.75, 3.05) is 0 Å². The number of aryl methyl sites for hydroxylation is 1. The van der Waals surface area contributed by atoms with Gasteiger partial charge in [-0.05, 0) is 23.6 Å². The van der Waals surface area contributed by atoms with Gasteiger partial charge in [-0.15, -0.1) is 0 Å². The number of nitrogens with one attached hydrogen (secondary N) is 1. The molecule has 0 heterocycles. The average molecular weight is 298 g/mol. The van der Waals surface area contributed by atoms with Crippen LogP contribution in [0.3, 0.4) is 0 Å². The molecule has 1 atom stereocenters. The first-order valence-corrected chi connectivity index (χ1v) is 7.17. The molecule has 108 valence electrons. The zero-order valence-electron chi connectivity index (χ0n) is 11.9. The van der Waals surface area contributed by atoms with Crippen LogP contribution in [0.4, 0.5) is 0 Å². The van der Waals surface area contributed by atoms with E-state index >= 15 is 0 Å². The number of hydrogen-bond donors (Lipinski definition) is 2. The number of amides is 1. The molecule has 0 saturated heterocycles. The van der Waals surface area contributed by atoms with Crippen molar-refractivity contribution in [3.63, 3.8) is 0 Å². The number of rotatable bonds is 5. The van der Waals surface area contributed by atoms with Gasteiger partial charge in [0.25, 0.3) is 0 Å². The highest BCUT2D eigenvalue weighted by molar-refractivity contribution is 7.80. The summed E-state index contributed by atoms with van der Waals surface area (Å²) in [6.45, 7) is 2.49. The van der Waals surface area contributed by atoms with Crippen LogP contribution in [0.1, 0.15) is 22.6 Å². The highest BCUT2D eigenvalue weighted by Gasteiger charge is 2.23. The molecule has 4 heteroatoms. The fourth-order valence-corrected chi connectivity index (χ4v) is 2.43. The van der Waals surface area contributed by atoms with Gasteiger partial charge in [0.15, 0.2) is 0 Å². The lowest BCUT2D eigenvalue weighted by atomic mass is 9.98. The standard InChI is InChI=1S/C17H18N2OS/c1-12-7-5-6-10-14(12)11-19-17(20)15(16(18)21)13-8-3-2-4-9-13/h2-10,15H,11H2,1H3,(H2,18,21)(H,19,20). The molecule has 2 rings (SSSR count). The van der Waals surface area contributed by atoms with Gasteiger partial charge in [0.05, 0.1) is 4.99 Å². The van der Waals surface area contributed by atoms with Gasteiger partial charge in [0.2, 0.25) is 5.91 Å². The summed E-state index contributed by atoms with van der Waals surface area (Å²) in [6.07, 6.45) is 0. The molecule has 0 radical (unpaired) electrons. The van der Waals surface area contributed by atoms with Crippen molar-refractivity contribution >= 4 is 23.1 Å². The lowest BCUT2D eigenvalue weighted by Crippen LogP contribution is -2.36. The molecule has 0 saturated carbocycles. The molecule has 0 bridgehead atoms. The van der Waals surface area contributed by atoms with E-state index in [0.29, 0.717) is 6.54 Å². The minimum atomic E-state index is -0.592. The van der Waals surface area contributed by atoms with Gasteiger partial charge in [-0.1, -0.05) is 66.8 Å². The van der Waals surface area contributed by atoms with Gasteiger partial charge in [-0.25, -0.2) is 0 Å². The molecule has 1 amide bonds. The lowest BCUT2D eigenvalue weighted by molar-refractivity contribution is -0.121. The predicted octanol–water partition coefficient (Wildman–Crippen LogP) is 2.68. The van der Waals surface area contributed by atoms with E-state index in [1.54, 1.807) is 0 Å². The zero-order valence-corrected chi connectivity index (χ0v) is 12.7. The smallest absolute Gasteiger partial charge is 0.234 e. The SMILES string of the molecule is Cc1ccccc1CNC(=O)C(C(N)=S)c1ccccc1. The molecule has 0 spiro atoms. The number of carbonyl (C=O) groups excluding carboxylic acids is 1. The number of thiocarbonyl (C=S) groups is 1. The van der Waals surface area contributed by atoms with Crippen LogP contribution in [0.25, 0.3) is 0 Å². The third-order valence-corrected chi connectivity index (χ3v) is 3.63. The second-order valence-corrected chi connectivity index (χ2v) is 5.36. The van der Waals surface area contributed by atoms with Crippen LogP contribution >= 0.6 is 12.2 Å². The fraction of sp³-hybridized carbons (Fsp3) is 0.176. The van der Waals surface area contributed by atoms with Gasteiger partial charge in [0, 0.05) is 6.54 Å². The Balaban J connectivity index is 2.10. The summed E-state index contributed by atoms with van der Waals surface area (Å²) in [5.74, 6) is -0.762. The van der Waals surface area contributed by atoms with Gasteiger partial charge in [-0.2, -0.15) is 0 Å². The van der Waals surface area contributed by atoms with Crippen molar-refractivity contribution in [2.24, 2.45) is 5.73 Å². The maximum atomic E-state index is 12.4. The summed E-state index contributed by atoms with van der Waals surface area (Å²) in [5.41, 5.74) is 8.78. The molecular formula is C17H18N2OS. The van der Waals surface area contributed by atoms with Crippen molar-refractivity contribution in [3.05, 3.63) is 71.3 Å². The van der Waals surface area contributed by atoms with Crippen molar-refractivity contribution in [2.45, 2.75) is 19.4 Å². The molecule has 0 aromatic heterocycles. The van der Waals surface area contributed by atoms with Gasteiger partial charge in [0.1, 0.15) is 5.92 Å². The number of hydrogen-bond acceptors (Lipinski definition) is 2. The first kappa shape index (κ1) is 15.2. The second-order valence-electron chi connectivity index (χ2n) is 4.89. The lowest BCUT2D eigenvalue weighted by Gasteiger charge is -2.16. The first-order valence-electron chi connectivity index (χ1n) is 6.76. The molecular weight excluding hydrogens is 280 g/mol. The quantitative estimate of drug-likeness (QED) is 0.835. The predicted molar refractivity (Wildman–Crippen MR) is 89.0 cm³/mol. The maximum absolute atomic E-state index is 12.4. The average Bonchev–Trinajstić information content (AvgIpc) is 2.47. The van der Waals surface area contributed by atoms with Crippen LogP contribution in [0, 0.1) is 6.92 Å². The Morgan fingerprint density at radius 3 is 2.38 bits per heavy atom. The van der Waals surface area contributed by atoms with Crippen molar-refractivity contribution in [1.82, 2.24) is 5.32 Å². The van der Waals surface area contributed by atoms with Crippen molar-refractivity contribution < 1.29 is 4.79 Å². The summed E-state index contributed by atoms with van der Waals surface area (Å²) in [7, 11) is 0. The van der Waals surface area contributed by atoms with E-state index < -0.39 is 5.92 Å². The second kappa shape index (κ2) is 6.99. The van der Waals surface area contributed by atoms with E-state index in [9.17, 15) is 4.79 Å². The molecule has 0 aliphatic carbocycles. The fourth-order valence-electron chi connectivity index (χ4n) is 2.18. The van der Waals surface area contributed by atoms with Crippen LogP contribution in [0.2, 0.25) is 0 Å². The van der Waals surface area contributed by atoms with Gasteiger partial charge >= 0.3 is 0 Å². The zero-order chi connectivity index (χ0) is 15.2. The topological polar surface area (TPSA) is 55.1 Å². The number of benzene rings is 2. The minimum absolute atomic E-state index is 0.169. The highest BCUT2D eigenvalue weighted by atomic mass is 32.1. The van der Waals surface area contributed by atoms with Gasteiger partial charge in [-0.3, -0.25) is 4.79 Å². The van der Waals surface area contributed by atoms with E-state index in [2.05, 4.69) is 5.32 Å². The Morgan fingerprint density at radius 2 is 1.76 bits per heavy atom. The molecule has 0 fully saturated rings. The Kier molecular flexibility index (Phi) is 5.06. The van der Waals surface area contributed by atoms with E-state index in [-0.39, 0.29) is 10.9 Å². The van der Waals surface area contributed by atoms with Crippen molar-refractivity contribution in [3.8, 4) is 0 Å². The molecule has 0 aliphatic rings.